The number of aromatic nitrogens is 4. The Morgan fingerprint density at radius 1 is 1.00 bits per heavy atom. The summed E-state index contributed by atoms with van der Waals surface area (Å²) in [6.07, 6.45) is 5.80. The zero-order chi connectivity index (χ0) is 31.8. The van der Waals surface area contributed by atoms with Crippen LogP contribution < -0.4 is 10.3 Å². The Hall–Kier alpha value is -4.88. The second-order valence-corrected chi connectivity index (χ2v) is 12.3. The van der Waals surface area contributed by atoms with Gasteiger partial charge in [-0.2, -0.15) is 10.4 Å². The second-order valence-electron chi connectivity index (χ2n) is 12.3. The van der Waals surface area contributed by atoms with Gasteiger partial charge in [0.25, 0.3) is 5.56 Å². The lowest BCUT2D eigenvalue weighted by atomic mass is 9.98. The minimum absolute atomic E-state index is 0.152. The number of nitrogens with zero attached hydrogens (tertiary/aromatic N) is 6. The molecule has 0 atom stereocenters. The minimum atomic E-state index is -0.449. The molecule has 10 nitrogen and oxygen atoms in total. The van der Waals surface area contributed by atoms with Crippen molar-refractivity contribution in [1.82, 2.24) is 24.6 Å². The van der Waals surface area contributed by atoms with Crippen LogP contribution in [-0.4, -0.2) is 62.5 Å². The Morgan fingerprint density at radius 2 is 1.73 bits per heavy atom. The number of esters is 1. The van der Waals surface area contributed by atoms with Crippen molar-refractivity contribution in [3.8, 4) is 34.5 Å². The van der Waals surface area contributed by atoms with Crippen molar-refractivity contribution >= 4 is 5.97 Å². The molecule has 0 unspecified atom stereocenters. The summed E-state index contributed by atoms with van der Waals surface area (Å²) in [6.45, 7) is 9.12. The Balaban J connectivity index is 1.13. The highest BCUT2D eigenvalue weighted by molar-refractivity contribution is 5.70. The molecular weight excluding hydrogens is 568 g/mol. The second kappa shape index (κ2) is 14.3. The lowest BCUT2D eigenvalue weighted by molar-refractivity contribution is -0.155. The van der Waals surface area contributed by atoms with Crippen LogP contribution in [0.3, 0.4) is 0 Å². The van der Waals surface area contributed by atoms with Crippen LogP contribution in [0.25, 0.3) is 22.6 Å². The van der Waals surface area contributed by atoms with Gasteiger partial charge in [-0.25, -0.2) is 14.6 Å². The first-order valence-corrected chi connectivity index (χ1v) is 15.2. The molecule has 5 rings (SSSR count). The van der Waals surface area contributed by atoms with Crippen molar-refractivity contribution in [3.05, 3.63) is 94.5 Å². The summed E-state index contributed by atoms with van der Waals surface area (Å²) in [4.78, 5) is 36.0. The number of likely N-dealkylation sites (tertiary alicyclic amines) is 1. The van der Waals surface area contributed by atoms with Crippen molar-refractivity contribution in [2.45, 2.75) is 52.2 Å². The molecule has 0 spiro atoms. The Labute approximate surface area is 263 Å². The van der Waals surface area contributed by atoms with Gasteiger partial charge in [-0.1, -0.05) is 30.3 Å². The minimum Gasteiger partial charge on any atom is -0.490 e. The van der Waals surface area contributed by atoms with Gasteiger partial charge in [0, 0.05) is 23.7 Å². The van der Waals surface area contributed by atoms with Crippen molar-refractivity contribution in [2.75, 3.05) is 26.2 Å². The maximum Gasteiger partial charge on any atom is 0.307 e. The van der Waals surface area contributed by atoms with E-state index < -0.39 is 5.60 Å². The SMILES string of the molecule is CC(C)(C)OC(=O)CCN1CCC(COc2cnc(-c3cccc(Cn4nc(-c5cccc(C#N)c5)ccc4=O)c3)nc2)CC1. The Kier molecular flexibility index (Phi) is 10.0. The molecule has 2 aromatic carbocycles. The maximum atomic E-state index is 12.6. The molecule has 0 saturated carbocycles. The van der Waals surface area contributed by atoms with Crippen LogP contribution in [0, 0.1) is 17.2 Å². The molecule has 4 aromatic rings. The van der Waals surface area contributed by atoms with E-state index in [1.807, 2.05) is 51.1 Å². The largest absolute Gasteiger partial charge is 0.490 e. The molecular formula is C35H38N6O4. The van der Waals surface area contributed by atoms with Crippen LogP contribution in [0.1, 0.15) is 51.2 Å². The summed E-state index contributed by atoms with van der Waals surface area (Å²) in [5.74, 6) is 1.46. The average Bonchev–Trinajstić information content (AvgIpc) is 3.04. The molecule has 3 heterocycles. The highest BCUT2D eigenvalue weighted by atomic mass is 16.6. The highest BCUT2D eigenvalue weighted by Gasteiger charge is 2.22. The summed E-state index contributed by atoms with van der Waals surface area (Å²) >= 11 is 0. The monoisotopic (exact) mass is 606 g/mol. The summed E-state index contributed by atoms with van der Waals surface area (Å²) < 4.78 is 12.8. The number of nitriles is 1. The van der Waals surface area contributed by atoms with E-state index >= 15 is 0 Å². The van der Waals surface area contributed by atoms with Crippen LogP contribution in [0.5, 0.6) is 5.75 Å². The van der Waals surface area contributed by atoms with E-state index in [2.05, 4.69) is 26.0 Å². The summed E-state index contributed by atoms with van der Waals surface area (Å²) in [5.41, 5.74) is 2.96. The van der Waals surface area contributed by atoms with E-state index in [-0.39, 0.29) is 18.1 Å². The predicted octanol–water partition coefficient (Wildman–Crippen LogP) is 5.11. The van der Waals surface area contributed by atoms with Gasteiger partial charge in [0.1, 0.15) is 5.60 Å². The molecule has 1 aliphatic rings. The van der Waals surface area contributed by atoms with Crippen molar-refractivity contribution in [1.29, 1.82) is 5.26 Å². The van der Waals surface area contributed by atoms with Crippen LogP contribution >= 0.6 is 0 Å². The molecule has 1 aliphatic heterocycles. The van der Waals surface area contributed by atoms with Gasteiger partial charge in [-0.05, 0) is 82.4 Å². The number of benzene rings is 2. The third kappa shape index (κ3) is 9.06. The molecule has 0 aliphatic carbocycles. The van der Waals surface area contributed by atoms with Gasteiger partial charge in [0.2, 0.25) is 0 Å². The standard InChI is InChI=1S/C35H38N6O4/c1-35(2,3)45-33(43)14-17-40-15-12-25(13-16-40)24-44-30-21-37-34(38-22-30)29-9-5-7-27(19-29)23-41-32(42)11-10-31(39-41)28-8-4-6-26(18-28)20-36/h4-11,18-19,21-22,25H,12-17,23-24H2,1-3H3. The topological polar surface area (TPSA) is 123 Å². The molecule has 45 heavy (non-hydrogen) atoms. The molecule has 1 fully saturated rings. The number of hydrogen-bond donors (Lipinski definition) is 0. The van der Waals surface area contributed by atoms with Gasteiger partial charge in [-0.3, -0.25) is 9.59 Å². The fourth-order valence-corrected chi connectivity index (χ4v) is 5.22. The van der Waals surface area contributed by atoms with E-state index in [0.717, 1.165) is 49.2 Å². The highest BCUT2D eigenvalue weighted by Crippen LogP contribution is 2.22. The Bertz CT molecular complexity index is 1710. The van der Waals surface area contributed by atoms with Gasteiger partial charge < -0.3 is 14.4 Å². The maximum absolute atomic E-state index is 12.6. The normalized spacial score (nSPS) is 14.1. The van der Waals surface area contributed by atoms with E-state index in [9.17, 15) is 14.9 Å². The molecule has 0 radical (unpaired) electrons. The zero-order valence-corrected chi connectivity index (χ0v) is 26.0. The fourth-order valence-electron chi connectivity index (χ4n) is 5.22. The number of rotatable bonds is 10. The third-order valence-corrected chi connectivity index (χ3v) is 7.54. The van der Waals surface area contributed by atoms with Crippen LogP contribution in [0.2, 0.25) is 0 Å². The first kappa shape index (κ1) is 31.5. The van der Waals surface area contributed by atoms with Gasteiger partial charge in [0.05, 0.1) is 49.3 Å². The smallest absolute Gasteiger partial charge is 0.307 e. The van der Waals surface area contributed by atoms with Crippen molar-refractivity contribution < 1.29 is 14.3 Å². The van der Waals surface area contributed by atoms with Gasteiger partial charge >= 0.3 is 5.97 Å². The van der Waals surface area contributed by atoms with Gasteiger partial charge in [0.15, 0.2) is 11.6 Å². The average molecular weight is 607 g/mol. The number of piperidine rings is 1. The predicted molar refractivity (Wildman–Crippen MR) is 170 cm³/mol. The summed E-state index contributed by atoms with van der Waals surface area (Å²) in [5, 5.41) is 13.8. The number of hydrogen-bond acceptors (Lipinski definition) is 9. The molecule has 0 N–H and O–H groups in total. The van der Waals surface area contributed by atoms with Crippen LogP contribution in [0.15, 0.2) is 77.9 Å². The molecule has 232 valence electrons. The lowest BCUT2D eigenvalue weighted by Crippen LogP contribution is -2.37. The molecule has 1 saturated heterocycles. The number of carbonyl (C=O) groups excluding carboxylic acids is 1. The Morgan fingerprint density at radius 3 is 2.47 bits per heavy atom. The van der Waals surface area contributed by atoms with E-state index in [4.69, 9.17) is 9.47 Å². The molecule has 0 amide bonds. The summed E-state index contributed by atoms with van der Waals surface area (Å²) in [7, 11) is 0. The molecule has 0 bridgehead atoms. The number of ether oxygens (including phenoxy) is 2. The van der Waals surface area contributed by atoms with Gasteiger partial charge in [-0.15, -0.1) is 0 Å². The number of carbonyl (C=O) groups is 1. The first-order chi connectivity index (χ1) is 21.6. The van der Waals surface area contributed by atoms with E-state index in [0.29, 0.717) is 41.8 Å². The van der Waals surface area contributed by atoms with Crippen molar-refractivity contribution in [3.63, 3.8) is 0 Å². The molecule has 10 heteroatoms. The quantitative estimate of drug-likeness (QED) is 0.227. The van der Waals surface area contributed by atoms with Crippen molar-refractivity contribution in [2.24, 2.45) is 5.92 Å². The van der Waals surface area contributed by atoms with Crippen LogP contribution in [-0.2, 0) is 16.1 Å². The van der Waals surface area contributed by atoms with E-state index in [1.165, 1.54) is 10.7 Å². The fraction of sp³-hybridized carbons (Fsp3) is 0.371. The first-order valence-electron chi connectivity index (χ1n) is 15.2. The third-order valence-electron chi connectivity index (χ3n) is 7.54. The lowest BCUT2D eigenvalue weighted by Gasteiger charge is -2.31. The van der Waals surface area contributed by atoms with Crippen LogP contribution in [0.4, 0.5) is 0 Å². The van der Waals surface area contributed by atoms with E-state index in [1.54, 1.807) is 36.7 Å². The summed E-state index contributed by atoms with van der Waals surface area (Å²) in [6, 6.07) is 20.1. The molecule has 2 aromatic heterocycles. The zero-order valence-electron chi connectivity index (χ0n) is 26.0.